The molecule has 0 amide bonds. The summed E-state index contributed by atoms with van der Waals surface area (Å²) in [5.74, 6) is 1.86. The molecule has 0 aliphatic carbocycles. The highest BCUT2D eigenvalue weighted by Gasteiger charge is 2.08. The molecule has 0 atom stereocenters. The van der Waals surface area contributed by atoms with E-state index in [-0.39, 0.29) is 18.2 Å². The summed E-state index contributed by atoms with van der Waals surface area (Å²) < 4.78 is 20.3. The molecule has 2 aromatic rings. The summed E-state index contributed by atoms with van der Waals surface area (Å²) in [6, 6.07) is 10.5. The molecule has 0 aromatic heterocycles. The molecule has 2 aromatic carbocycles. The minimum atomic E-state index is -1.39. The molecular weight excluding hydrogens is 348 g/mol. The lowest BCUT2D eigenvalue weighted by Gasteiger charge is -2.08. The molecule has 0 fully saturated rings. The molecule has 25 heavy (non-hydrogen) atoms. The largest absolute Gasteiger partial charge is 0.511 e. The van der Waals surface area contributed by atoms with Crippen molar-refractivity contribution in [1.82, 2.24) is 0 Å². The van der Waals surface area contributed by atoms with Crippen LogP contribution in [0.3, 0.4) is 0 Å². The van der Waals surface area contributed by atoms with Gasteiger partial charge >= 0.3 is 6.16 Å². The fourth-order valence-electron chi connectivity index (χ4n) is 2.08. The molecular formula is C18H19ClO6. The van der Waals surface area contributed by atoms with Gasteiger partial charge in [-0.05, 0) is 35.4 Å². The summed E-state index contributed by atoms with van der Waals surface area (Å²) in [5, 5.41) is 8.69. The van der Waals surface area contributed by atoms with Crippen molar-refractivity contribution in [1.29, 1.82) is 0 Å². The Balaban J connectivity index is 0.00000312. The zero-order valence-corrected chi connectivity index (χ0v) is 14.8. The van der Waals surface area contributed by atoms with Crippen LogP contribution in [0.25, 0.3) is 12.2 Å². The molecule has 2 rings (SSSR count). The maximum absolute atomic E-state index is 10.6. The topological polar surface area (TPSA) is 74.2 Å². The fourth-order valence-corrected chi connectivity index (χ4v) is 2.08. The van der Waals surface area contributed by atoms with Gasteiger partial charge in [0.2, 0.25) is 0 Å². The van der Waals surface area contributed by atoms with Crippen LogP contribution in [0.1, 0.15) is 11.1 Å². The summed E-state index contributed by atoms with van der Waals surface area (Å²) >= 11 is 0. The first-order valence-corrected chi connectivity index (χ1v) is 7.05. The van der Waals surface area contributed by atoms with Gasteiger partial charge in [0.15, 0.2) is 11.5 Å². The maximum Gasteiger partial charge on any atom is 0.511 e. The maximum atomic E-state index is 10.6. The van der Waals surface area contributed by atoms with Gasteiger partial charge in [0.1, 0.15) is 11.5 Å². The number of carbonyl (C=O) groups is 1. The normalized spacial score (nSPS) is 10.0. The van der Waals surface area contributed by atoms with Crippen molar-refractivity contribution in [3.05, 3.63) is 47.5 Å². The van der Waals surface area contributed by atoms with E-state index in [2.05, 4.69) is 4.74 Å². The minimum Gasteiger partial charge on any atom is -0.497 e. The summed E-state index contributed by atoms with van der Waals surface area (Å²) in [4.78, 5) is 10.6. The Morgan fingerprint density at radius 3 is 1.96 bits per heavy atom. The molecule has 0 radical (unpaired) electrons. The summed E-state index contributed by atoms with van der Waals surface area (Å²) in [6.45, 7) is 0. The lowest BCUT2D eigenvalue weighted by atomic mass is 10.1. The first-order chi connectivity index (χ1) is 11.5. The quantitative estimate of drug-likeness (QED) is 0.465. The van der Waals surface area contributed by atoms with E-state index in [1.165, 1.54) is 7.11 Å². The third-order valence-corrected chi connectivity index (χ3v) is 3.23. The van der Waals surface area contributed by atoms with Crippen molar-refractivity contribution in [2.45, 2.75) is 0 Å². The van der Waals surface area contributed by atoms with Crippen molar-refractivity contribution >= 4 is 30.7 Å². The lowest BCUT2D eigenvalue weighted by Crippen LogP contribution is -2.04. The van der Waals surface area contributed by atoms with Crippen LogP contribution in [0.5, 0.6) is 23.0 Å². The number of ether oxygens (including phenoxy) is 4. The van der Waals surface area contributed by atoms with Crippen LogP contribution in [0, 0.1) is 0 Å². The zero-order valence-electron chi connectivity index (χ0n) is 14.0. The average molecular weight is 367 g/mol. The second-order valence-corrected chi connectivity index (χ2v) is 4.76. The van der Waals surface area contributed by atoms with Gasteiger partial charge in [-0.2, -0.15) is 0 Å². The van der Waals surface area contributed by atoms with E-state index in [1.807, 2.05) is 24.3 Å². The van der Waals surface area contributed by atoms with E-state index in [0.717, 1.165) is 11.1 Å². The van der Waals surface area contributed by atoms with Crippen LogP contribution < -0.4 is 18.9 Å². The smallest absolute Gasteiger partial charge is 0.497 e. The van der Waals surface area contributed by atoms with Crippen molar-refractivity contribution < 1.29 is 28.8 Å². The Morgan fingerprint density at radius 2 is 1.44 bits per heavy atom. The molecule has 0 saturated heterocycles. The van der Waals surface area contributed by atoms with Crippen molar-refractivity contribution in [2.75, 3.05) is 21.3 Å². The molecule has 0 spiro atoms. The van der Waals surface area contributed by atoms with Gasteiger partial charge in [-0.3, -0.25) is 0 Å². The van der Waals surface area contributed by atoms with E-state index < -0.39 is 6.16 Å². The summed E-state index contributed by atoms with van der Waals surface area (Å²) in [5.41, 5.74) is 1.72. The van der Waals surface area contributed by atoms with Crippen LogP contribution in [0.15, 0.2) is 36.4 Å². The number of halogens is 1. The van der Waals surface area contributed by atoms with Crippen LogP contribution in [0.2, 0.25) is 0 Å². The number of methoxy groups -OCH3 is 3. The third-order valence-electron chi connectivity index (χ3n) is 3.23. The minimum absolute atomic E-state index is 0. The predicted molar refractivity (Wildman–Crippen MR) is 97.4 cm³/mol. The van der Waals surface area contributed by atoms with E-state index >= 15 is 0 Å². The van der Waals surface area contributed by atoms with Gasteiger partial charge < -0.3 is 24.1 Å². The Bertz CT molecular complexity index is 735. The Labute approximate surface area is 152 Å². The Kier molecular flexibility index (Phi) is 7.62. The van der Waals surface area contributed by atoms with Gasteiger partial charge in [0.25, 0.3) is 0 Å². The first kappa shape index (κ1) is 20.2. The Morgan fingerprint density at radius 1 is 0.840 bits per heavy atom. The van der Waals surface area contributed by atoms with Gasteiger partial charge in [-0.1, -0.05) is 18.2 Å². The van der Waals surface area contributed by atoms with Gasteiger partial charge in [0, 0.05) is 6.07 Å². The molecule has 0 unspecified atom stereocenters. The van der Waals surface area contributed by atoms with Crippen LogP contribution >= 0.6 is 12.4 Å². The standard InChI is InChI=1S/C18H18O6.ClH/c1-21-14-8-13(9-15(11-14)22-2)5-4-12-6-7-16(24-18(19)20)17(10-12)23-3;/h4-11H,1-3H3,(H,19,20);1H. The second-order valence-electron chi connectivity index (χ2n) is 4.76. The summed E-state index contributed by atoms with van der Waals surface area (Å²) in [6.07, 6.45) is 2.36. The number of benzene rings is 2. The van der Waals surface area contributed by atoms with Crippen LogP contribution in [0.4, 0.5) is 4.79 Å². The number of hydrogen-bond donors (Lipinski definition) is 1. The van der Waals surface area contributed by atoms with Crippen molar-refractivity contribution in [3.63, 3.8) is 0 Å². The number of rotatable bonds is 6. The first-order valence-electron chi connectivity index (χ1n) is 7.05. The van der Waals surface area contributed by atoms with Gasteiger partial charge in [-0.25, -0.2) is 4.79 Å². The molecule has 6 nitrogen and oxygen atoms in total. The number of carboxylic acid groups (broad SMARTS) is 1. The highest BCUT2D eigenvalue weighted by molar-refractivity contribution is 5.85. The second kappa shape index (κ2) is 9.44. The van der Waals surface area contributed by atoms with E-state index in [9.17, 15) is 4.79 Å². The van der Waals surface area contributed by atoms with Crippen molar-refractivity contribution in [3.8, 4) is 23.0 Å². The number of hydrogen-bond acceptors (Lipinski definition) is 5. The van der Waals surface area contributed by atoms with Gasteiger partial charge in [0.05, 0.1) is 21.3 Å². The van der Waals surface area contributed by atoms with E-state index in [1.54, 1.807) is 38.5 Å². The van der Waals surface area contributed by atoms with Crippen molar-refractivity contribution in [2.24, 2.45) is 0 Å². The third kappa shape index (κ3) is 5.61. The molecule has 0 heterocycles. The zero-order chi connectivity index (χ0) is 17.5. The molecule has 1 N–H and O–H groups in total. The average Bonchev–Trinajstić information content (AvgIpc) is 2.59. The van der Waals surface area contributed by atoms with Crippen LogP contribution in [-0.4, -0.2) is 32.6 Å². The molecule has 0 saturated carbocycles. The predicted octanol–water partition coefficient (Wildman–Crippen LogP) is 4.36. The SMILES string of the molecule is COc1cc(C=Cc2ccc(OC(=O)O)c(OC)c2)cc(OC)c1.Cl. The monoisotopic (exact) mass is 366 g/mol. The fraction of sp³-hybridized carbons (Fsp3) is 0.167. The molecule has 0 bridgehead atoms. The molecule has 134 valence electrons. The van der Waals surface area contributed by atoms with Gasteiger partial charge in [-0.15, -0.1) is 12.4 Å². The van der Waals surface area contributed by atoms with Crippen LogP contribution in [-0.2, 0) is 0 Å². The lowest BCUT2D eigenvalue weighted by molar-refractivity contribution is 0.143. The molecule has 0 aliphatic rings. The van der Waals surface area contributed by atoms with E-state index in [0.29, 0.717) is 17.2 Å². The highest BCUT2D eigenvalue weighted by atomic mass is 35.5. The molecule has 0 aliphatic heterocycles. The Hall–Kier alpha value is -2.86. The highest BCUT2D eigenvalue weighted by Crippen LogP contribution is 2.29. The van der Waals surface area contributed by atoms with E-state index in [4.69, 9.17) is 19.3 Å². The summed E-state index contributed by atoms with van der Waals surface area (Å²) in [7, 11) is 4.63. The molecule has 7 heteroatoms.